The molecular weight excluding hydrogens is 268 g/mol. The Bertz CT molecular complexity index is 281. The van der Waals surface area contributed by atoms with Crippen LogP contribution in [0, 0.1) is 11.8 Å². The molecule has 19 heavy (non-hydrogen) atoms. The van der Waals surface area contributed by atoms with Crippen LogP contribution in [0.3, 0.4) is 0 Å². The summed E-state index contributed by atoms with van der Waals surface area (Å²) in [5.74, 6) is 0.545. The summed E-state index contributed by atoms with van der Waals surface area (Å²) in [7, 11) is 0. The summed E-state index contributed by atoms with van der Waals surface area (Å²) >= 11 is 0. The van der Waals surface area contributed by atoms with Crippen molar-refractivity contribution in [3.63, 3.8) is 0 Å². The smallest absolute Gasteiger partial charge is 0.325 e. The van der Waals surface area contributed by atoms with Gasteiger partial charge >= 0.3 is 5.97 Å². The summed E-state index contributed by atoms with van der Waals surface area (Å²) in [6, 6.07) is 0. The van der Waals surface area contributed by atoms with Crippen molar-refractivity contribution < 1.29 is 14.3 Å². The van der Waals surface area contributed by atoms with E-state index < -0.39 is 0 Å². The highest BCUT2D eigenvalue weighted by Crippen LogP contribution is 2.23. The van der Waals surface area contributed by atoms with Crippen LogP contribution in [0.25, 0.3) is 0 Å². The van der Waals surface area contributed by atoms with Gasteiger partial charge < -0.3 is 15.4 Å². The predicted octanol–water partition coefficient (Wildman–Crippen LogP) is 1.11. The van der Waals surface area contributed by atoms with Gasteiger partial charge in [0, 0.05) is 6.42 Å². The molecule has 5 nitrogen and oxygen atoms in total. The number of hydrogen-bond acceptors (Lipinski definition) is 4. The second-order valence-electron chi connectivity index (χ2n) is 4.85. The Labute approximate surface area is 121 Å². The van der Waals surface area contributed by atoms with Gasteiger partial charge in [-0.1, -0.05) is 6.92 Å². The van der Waals surface area contributed by atoms with Crippen molar-refractivity contribution in [3.8, 4) is 0 Å². The summed E-state index contributed by atoms with van der Waals surface area (Å²) in [5.41, 5.74) is 0. The first-order valence-corrected chi connectivity index (χ1v) is 6.76. The van der Waals surface area contributed by atoms with E-state index in [1.165, 1.54) is 0 Å². The van der Waals surface area contributed by atoms with Gasteiger partial charge in [0.1, 0.15) is 6.54 Å². The van der Waals surface area contributed by atoms with Crippen molar-refractivity contribution in [3.05, 3.63) is 0 Å². The zero-order chi connectivity index (χ0) is 13.4. The van der Waals surface area contributed by atoms with Gasteiger partial charge in [-0.05, 0) is 44.7 Å². The quantitative estimate of drug-likeness (QED) is 0.720. The number of carbonyl (C=O) groups excluding carboxylic acids is 2. The van der Waals surface area contributed by atoms with Crippen LogP contribution in [0.4, 0.5) is 0 Å². The van der Waals surface area contributed by atoms with Gasteiger partial charge in [-0.3, -0.25) is 9.59 Å². The molecule has 0 saturated carbocycles. The van der Waals surface area contributed by atoms with Crippen LogP contribution in [0.5, 0.6) is 0 Å². The molecule has 1 heterocycles. The number of piperidine rings is 1. The van der Waals surface area contributed by atoms with E-state index in [9.17, 15) is 9.59 Å². The van der Waals surface area contributed by atoms with Crippen molar-refractivity contribution in [2.45, 2.75) is 33.1 Å². The van der Waals surface area contributed by atoms with E-state index in [0.29, 0.717) is 24.9 Å². The first-order chi connectivity index (χ1) is 8.63. The predicted molar refractivity (Wildman–Crippen MR) is 76.3 cm³/mol. The molecule has 1 saturated heterocycles. The Hall–Kier alpha value is -0.810. The molecule has 0 radical (unpaired) electrons. The van der Waals surface area contributed by atoms with Crippen LogP contribution in [0.15, 0.2) is 0 Å². The van der Waals surface area contributed by atoms with E-state index in [2.05, 4.69) is 17.6 Å². The molecule has 1 fully saturated rings. The molecule has 0 bridgehead atoms. The van der Waals surface area contributed by atoms with Crippen LogP contribution in [0.1, 0.15) is 33.1 Å². The van der Waals surface area contributed by atoms with Gasteiger partial charge in [0.2, 0.25) is 5.91 Å². The molecule has 1 amide bonds. The zero-order valence-electron chi connectivity index (χ0n) is 11.7. The molecule has 0 aromatic heterocycles. The normalized spacial score (nSPS) is 17.2. The Kier molecular flexibility index (Phi) is 9.61. The second kappa shape index (κ2) is 10.0. The molecule has 112 valence electrons. The van der Waals surface area contributed by atoms with Crippen molar-refractivity contribution in [1.29, 1.82) is 0 Å². The van der Waals surface area contributed by atoms with Crippen LogP contribution in [-0.4, -0.2) is 38.1 Å². The minimum absolute atomic E-state index is 0. The fraction of sp³-hybridized carbons (Fsp3) is 0.846. The molecule has 1 aliphatic rings. The first-order valence-electron chi connectivity index (χ1n) is 6.76. The molecule has 0 aromatic carbocycles. The van der Waals surface area contributed by atoms with Crippen LogP contribution in [0.2, 0.25) is 0 Å². The number of amides is 1. The highest BCUT2D eigenvalue weighted by molar-refractivity contribution is 5.85. The summed E-state index contributed by atoms with van der Waals surface area (Å²) in [6.45, 7) is 6.27. The largest absolute Gasteiger partial charge is 0.465 e. The molecule has 0 spiro atoms. The average molecular weight is 293 g/mol. The maximum atomic E-state index is 11.7. The maximum Gasteiger partial charge on any atom is 0.325 e. The summed E-state index contributed by atoms with van der Waals surface area (Å²) in [4.78, 5) is 22.8. The third kappa shape index (κ3) is 7.38. The topological polar surface area (TPSA) is 67.4 Å². The van der Waals surface area contributed by atoms with Gasteiger partial charge in [-0.2, -0.15) is 0 Å². The number of ether oxygens (including phenoxy) is 1. The second-order valence-corrected chi connectivity index (χ2v) is 4.85. The average Bonchev–Trinajstić information content (AvgIpc) is 2.38. The SMILES string of the molecule is CCOC(=O)CNC(=O)CC(C)C1CCNCC1.Cl. The number of carbonyl (C=O) groups is 2. The fourth-order valence-electron chi connectivity index (χ4n) is 2.33. The number of halogens is 1. The maximum absolute atomic E-state index is 11.7. The lowest BCUT2D eigenvalue weighted by atomic mass is 9.84. The highest BCUT2D eigenvalue weighted by Gasteiger charge is 2.22. The minimum atomic E-state index is -0.375. The summed E-state index contributed by atoms with van der Waals surface area (Å²) < 4.78 is 4.75. The third-order valence-electron chi connectivity index (χ3n) is 3.43. The van der Waals surface area contributed by atoms with E-state index >= 15 is 0 Å². The molecule has 1 atom stereocenters. The van der Waals surface area contributed by atoms with Crippen molar-refractivity contribution in [2.75, 3.05) is 26.2 Å². The summed E-state index contributed by atoms with van der Waals surface area (Å²) in [6.07, 6.45) is 2.75. The van der Waals surface area contributed by atoms with Crippen molar-refractivity contribution in [1.82, 2.24) is 10.6 Å². The standard InChI is InChI=1S/C13H24N2O3.ClH/c1-3-18-13(17)9-15-12(16)8-10(2)11-4-6-14-7-5-11;/h10-11,14H,3-9H2,1-2H3,(H,15,16);1H. The fourth-order valence-corrected chi connectivity index (χ4v) is 2.33. The van der Waals surface area contributed by atoms with Crippen LogP contribution in [-0.2, 0) is 14.3 Å². The Balaban J connectivity index is 0.00000324. The monoisotopic (exact) mass is 292 g/mol. The van der Waals surface area contributed by atoms with Crippen molar-refractivity contribution in [2.24, 2.45) is 11.8 Å². The van der Waals surface area contributed by atoms with Gasteiger partial charge in [0.25, 0.3) is 0 Å². The molecule has 6 heteroatoms. The molecule has 2 N–H and O–H groups in total. The Morgan fingerprint density at radius 3 is 2.58 bits per heavy atom. The van der Waals surface area contributed by atoms with Crippen LogP contribution >= 0.6 is 12.4 Å². The number of esters is 1. The van der Waals surface area contributed by atoms with Crippen molar-refractivity contribution >= 4 is 24.3 Å². The molecule has 0 aromatic rings. The van der Waals surface area contributed by atoms with Crippen LogP contribution < -0.4 is 10.6 Å². The molecule has 0 aliphatic carbocycles. The van der Waals surface area contributed by atoms with Gasteiger partial charge in [0.05, 0.1) is 6.61 Å². The van der Waals surface area contributed by atoms with E-state index in [-0.39, 0.29) is 30.8 Å². The van der Waals surface area contributed by atoms with E-state index in [4.69, 9.17) is 4.74 Å². The lowest BCUT2D eigenvalue weighted by Gasteiger charge is -2.27. The minimum Gasteiger partial charge on any atom is -0.465 e. The van der Waals surface area contributed by atoms with Gasteiger partial charge in [0.15, 0.2) is 0 Å². The molecule has 1 unspecified atom stereocenters. The lowest BCUT2D eigenvalue weighted by Crippen LogP contribution is -2.35. The Morgan fingerprint density at radius 2 is 2.00 bits per heavy atom. The van der Waals surface area contributed by atoms with Gasteiger partial charge in [-0.15, -0.1) is 12.4 Å². The molecular formula is C13H25ClN2O3. The lowest BCUT2D eigenvalue weighted by molar-refractivity contribution is -0.143. The number of hydrogen-bond donors (Lipinski definition) is 2. The highest BCUT2D eigenvalue weighted by atomic mass is 35.5. The third-order valence-corrected chi connectivity index (χ3v) is 3.43. The van der Waals surface area contributed by atoms with Gasteiger partial charge in [-0.25, -0.2) is 0 Å². The van der Waals surface area contributed by atoms with E-state index in [1.807, 2.05) is 0 Å². The first kappa shape index (κ1) is 18.2. The summed E-state index contributed by atoms with van der Waals surface area (Å²) in [5, 5.41) is 5.92. The molecule has 1 rings (SSSR count). The number of nitrogens with one attached hydrogen (secondary N) is 2. The van der Waals surface area contributed by atoms with E-state index in [1.54, 1.807) is 6.92 Å². The number of rotatable bonds is 6. The Morgan fingerprint density at radius 1 is 1.37 bits per heavy atom. The molecule has 1 aliphatic heterocycles. The zero-order valence-corrected chi connectivity index (χ0v) is 12.6. The van der Waals surface area contributed by atoms with E-state index in [0.717, 1.165) is 25.9 Å².